The van der Waals surface area contributed by atoms with Crippen molar-refractivity contribution in [2.24, 2.45) is 5.73 Å². The standard InChI is InChI=1S/C29H37FN4O4S/c1-5-20(31)16-38-17-27(35)34(4)25(14-19-18-39-26-13-9-7-10-21(19)26)29(37)33(3)15-23(28(36)32-2)22-11-6-8-12-24(22)30/h6-13,18,20,23,25H,5,14-17,31H2,1-4H3,(H,32,36)/t20?,23?,25-/m1/s1. The summed E-state index contributed by atoms with van der Waals surface area (Å²) in [4.78, 5) is 42.5. The van der Waals surface area contributed by atoms with Crippen LogP contribution >= 0.6 is 11.3 Å². The molecule has 3 amide bonds. The molecule has 0 aliphatic heterocycles. The van der Waals surface area contributed by atoms with E-state index in [1.54, 1.807) is 37.6 Å². The third-order valence-electron chi connectivity index (χ3n) is 6.88. The number of hydrogen-bond acceptors (Lipinski definition) is 6. The van der Waals surface area contributed by atoms with E-state index in [9.17, 15) is 18.8 Å². The summed E-state index contributed by atoms with van der Waals surface area (Å²) >= 11 is 1.57. The second-order valence-electron chi connectivity index (χ2n) is 9.57. The van der Waals surface area contributed by atoms with E-state index in [4.69, 9.17) is 10.5 Å². The molecule has 0 bridgehead atoms. The van der Waals surface area contributed by atoms with Crippen LogP contribution in [-0.4, -0.2) is 80.5 Å². The van der Waals surface area contributed by atoms with Crippen molar-refractivity contribution in [2.45, 2.75) is 37.8 Å². The summed E-state index contributed by atoms with van der Waals surface area (Å²) in [6.07, 6.45) is 0.990. The van der Waals surface area contributed by atoms with Crippen molar-refractivity contribution in [3.63, 3.8) is 0 Å². The minimum atomic E-state index is -0.923. The number of thiophene rings is 1. The van der Waals surface area contributed by atoms with Gasteiger partial charge in [-0.15, -0.1) is 11.3 Å². The average Bonchev–Trinajstić information content (AvgIpc) is 3.36. The molecule has 10 heteroatoms. The molecule has 8 nitrogen and oxygen atoms in total. The molecule has 2 aromatic carbocycles. The minimum Gasteiger partial charge on any atom is -0.370 e. The van der Waals surface area contributed by atoms with E-state index in [1.807, 2.05) is 36.6 Å². The molecule has 3 aromatic rings. The third-order valence-corrected chi connectivity index (χ3v) is 7.89. The van der Waals surface area contributed by atoms with Gasteiger partial charge in [0.05, 0.1) is 12.5 Å². The van der Waals surface area contributed by atoms with Crippen LogP contribution in [0.3, 0.4) is 0 Å². The van der Waals surface area contributed by atoms with E-state index in [2.05, 4.69) is 5.32 Å². The maximum absolute atomic E-state index is 14.6. The van der Waals surface area contributed by atoms with Gasteiger partial charge in [-0.2, -0.15) is 0 Å². The molecule has 1 heterocycles. The summed E-state index contributed by atoms with van der Waals surface area (Å²) in [5.74, 6) is -2.58. The lowest BCUT2D eigenvalue weighted by molar-refractivity contribution is -0.146. The summed E-state index contributed by atoms with van der Waals surface area (Å²) in [5, 5.41) is 5.58. The van der Waals surface area contributed by atoms with E-state index in [1.165, 1.54) is 29.0 Å². The van der Waals surface area contributed by atoms with Gasteiger partial charge in [0.2, 0.25) is 17.7 Å². The highest BCUT2D eigenvalue weighted by Gasteiger charge is 2.33. The van der Waals surface area contributed by atoms with Crippen LogP contribution in [0.25, 0.3) is 10.1 Å². The topological polar surface area (TPSA) is 105 Å². The Morgan fingerprint density at radius 3 is 2.49 bits per heavy atom. The lowest BCUT2D eigenvalue weighted by Gasteiger charge is -2.32. The Labute approximate surface area is 232 Å². The Hall–Kier alpha value is -3.34. The molecular formula is C29H37FN4O4S. The van der Waals surface area contributed by atoms with Crippen molar-refractivity contribution in [1.82, 2.24) is 15.1 Å². The van der Waals surface area contributed by atoms with Crippen LogP contribution in [0.15, 0.2) is 53.9 Å². The molecule has 0 saturated carbocycles. The van der Waals surface area contributed by atoms with Crippen LogP contribution < -0.4 is 11.1 Å². The molecule has 0 aliphatic carbocycles. The molecule has 0 saturated heterocycles. The van der Waals surface area contributed by atoms with Crippen molar-refractivity contribution in [2.75, 3.05) is 40.9 Å². The van der Waals surface area contributed by atoms with E-state index < -0.39 is 23.7 Å². The monoisotopic (exact) mass is 556 g/mol. The highest BCUT2D eigenvalue weighted by Crippen LogP contribution is 2.28. The Balaban J connectivity index is 1.87. The quantitative estimate of drug-likeness (QED) is 0.337. The van der Waals surface area contributed by atoms with Crippen LogP contribution in [0.2, 0.25) is 0 Å². The smallest absolute Gasteiger partial charge is 0.249 e. The summed E-state index contributed by atoms with van der Waals surface area (Å²) < 4.78 is 21.2. The van der Waals surface area contributed by atoms with E-state index in [0.29, 0.717) is 0 Å². The predicted octanol–water partition coefficient (Wildman–Crippen LogP) is 3.15. The first-order chi connectivity index (χ1) is 18.7. The SMILES string of the molecule is CCC(N)COCC(=O)N(C)[C@H](Cc1csc2ccccc12)C(=O)N(C)CC(C(=O)NC)c1ccccc1F. The van der Waals surface area contributed by atoms with Gasteiger partial charge in [-0.25, -0.2) is 4.39 Å². The fraction of sp³-hybridized carbons (Fsp3) is 0.414. The van der Waals surface area contributed by atoms with Gasteiger partial charge in [-0.1, -0.05) is 43.3 Å². The Morgan fingerprint density at radius 1 is 1.10 bits per heavy atom. The number of hydrogen-bond donors (Lipinski definition) is 2. The predicted molar refractivity (Wildman–Crippen MR) is 152 cm³/mol. The maximum atomic E-state index is 14.6. The first-order valence-electron chi connectivity index (χ1n) is 12.9. The number of nitrogens with zero attached hydrogens (tertiary/aromatic N) is 2. The number of nitrogens with two attached hydrogens (primary N) is 1. The van der Waals surface area contributed by atoms with Crippen molar-refractivity contribution >= 4 is 39.1 Å². The largest absolute Gasteiger partial charge is 0.370 e. The van der Waals surface area contributed by atoms with Gasteiger partial charge in [0.1, 0.15) is 18.5 Å². The van der Waals surface area contributed by atoms with E-state index >= 15 is 0 Å². The zero-order chi connectivity index (χ0) is 28.5. The number of amides is 3. The number of halogens is 1. The number of nitrogens with one attached hydrogen (secondary N) is 1. The number of benzene rings is 2. The molecular weight excluding hydrogens is 519 g/mol. The number of rotatable bonds is 13. The minimum absolute atomic E-state index is 0.0653. The first kappa shape index (κ1) is 30.2. The third kappa shape index (κ3) is 7.62. The molecule has 3 atom stereocenters. The van der Waals surface area contributed by atoms with Crippen LogP contribution in [-0.2, 0) is 25.5 Å². The van der Waals surface area contributed by atoms with Crippen molar-refractivity contribution in [3.05, 3.63) is 70.9 Å². The molecule has 210 valence electrons. The molecule has 2 unspecified atom stereocenters. The van der Waals surface area contributed by atoms with Gasteiger partial charge >= 0.3 is 0 Å². The molecule has 0 radical (unpaired) electrons. The Kier molecular flexibility index (Phi) is 11.0. The van der Waals surface area contributed by atoms with Crippen molar-refractivity contribution < 1.29 is 23.5 Å². The van der Waals surface area contributed by atoms with Gasteiger partial charge in [-0.05, 0) is 34.9 Å². The highest BCUT2D eigenvalue weighted by molar-refractivity contribution is 7.17. The normalized spacial score (nSPS) is 13.5. The molecule has 3 rings (SSSR count). The number of ether oxygens (including phenoxy) is 1. The number of likely N-dealkylation sites (N-methyl/N-ethyl adjacent to an activating group) is 3. The lowest BCUT2D eigenvalue weighted by Crippen LogP contribution is -2.51. The van der Waals surface area contributed by atoms with Crippen molar-refractivity contribution in [3.8, 4) is 0 Å². The number of carbonyl (C=O) groups excluding carboxylic acids is 3. The first-order valence-corrected chi connectivity index (χ1v) is 13.8. The maximum Gasteiger partial charge on any atom is 0.249 e. The van der Waals surface area contributed by atoms with Gasteiger partial charge in [0, 0.05) is 50.4 Å². The van der Waals surface area contributed by atoms with Crippen LogP contribution in [0, 0.1) is 5.82 Å². The molecule has 0 fully saturated rings. The fourth-order valence-electron chi connectivity index (χ4n) is 4.35. The highest BCUT2D eigenvalue weighted by atomic mass is 32.1. The fourth-order valence-corrected chi connectivity index (χ4v) is 5.33. The van der Waals surface area contributed by atoms with Gasteiger partial charge in [0.15, 0.2) is 0 Å². The molecule has 3 N–H and O–H groups in total. The Bertz CT molecular complexity index is 1280. The zero-order valence-electron chi connectivity index (χ0n) is 22.9. The van der Waals surface area contributed by atoms with Crippen molar-refractivity contribution in [1.29, 1.82) is 0 Å². The molecule has 0 spiro atoms. The number of carbonyl (C=O) groups is 3. The summed E-state index contributed by atoms with van der Waals surface area (Å²) in [5.41, 5.74) is 7.03. The lowest BCUT2D eigenvalue weighted by atomic mass is 9.96. The molecule has 0 aliphatic rings. The Morgan fingerprint density at radius 2 is 1.79 bits per heavy atom. The average molecular weight is 557 g/mol. The number of fused-ring (bicyclic) bond motifs is 1. The summed E-state index contributed by atoms with van der Waals surface area (Å²) in [6.45, 7) is 1.90. The van der Waals surface area contributed by atoms with E-state index in [-0.39, 0.29) is 49.6 Å². The zero-order valence-corrected chi connectivity index (χ0v) is 23.7. The molecule has 39 heavy (non-hydrogen) atoms. The summed E-state index contributed by atoms with van der Waals surface area (Å²) in [7, 11) is 4.61. The summed E-state index contributed by atoms with van der Waals surface area (Å²) in [6, 6.07) is 12.9. The van der Waals surface area contributed by atoms with Gasteiger partial charge in [-0.3, -0.25) is 14.4 Å². The second kappa shape index (κ2) is 14.2. The van der Waals surface area contributed by atoms with Crippen LogP contribution in [0.4, 0.5) is 4.39 Å². The van der Waals surface area contributed by atoms with Crippen LogP contribution in [0.1, 0.15) is 30.4 Å². The van der Waals surface area contributed by atoms with E-state index in [0.717, 1.165) is 22.1 Å². The van der Waals surface area contributed by atoms with Gasteiger partial charge < -0.3 is 25.6 Å². The van der Waals surface area contributed by atoms with Gasteiger partial charge in [0.25, 0.3) is 0 Å². The second-order valence-corrected chi connectivity index (χ2v) is 10.5. The molecule has 1 aromatic heterocycles. The van der Waals surface area contributed by atoms with Crippen LogP contribution in [0.5, 0.6) is 0 Å².